The molecule has 2 saturated heterocycles. The third kappa shape index (κ3) is 8.30. The summed E-state index contributed by atoms with van der Waals surface area (Å²) in [5.41, 5.74) is 17.0. The molecule has 0 aromatic heterocycles. The van der Waals surface area contributed by atoms with E-state index in [1.807, 2.05) is 0 Å². The number of aliphatic hydroxyl groups excluding tert-OH is 4. The van der Waals surface area contributed by atoms with E-state index in [0.29, 0.717) is 12.8 Å². The van der Waals surface area contributed by atoms with Gasteiger partial charge in [-0.25, -0.2) is 4.39 Å². The lowest BCUT2D eigenvalue weighted by Gasteiger charge is -2.49. The Morgan fingerprint density at radius 3 is 2.43 bits per heavy atom. The van der Waals surface area contributed by atoms with Crippen LogP contribution in [0.1, 0.15) is 33.1 Å². The van der Waals surface area contributed by atoms with E-state index in [2.05, 4.69) is 15.6 Å². The van der Waals surface area contributed by atoms with E-state index in [-0.39, 0.29) is 25.4 Å². The molecule has 0 aromatic carbocycles. The molecule has 0 spiro atoms. The average molecular weight is 610 g/mol. The number of aliphatic hydroxyl groups is 5. The third-order valence-corrected chi connectivity index (χ3v) is 7.97. The summed E-state index contributed by atoms with van der Waals surface area (Å²) < 4.78 is 36.8. The van der Waals surface area contributed by atoms with Crippen LogP contribution in [-0.2, 0) is 18.9 Å². The van der Waals surface area contributed by atoms with Crippen LogP contribution in [0.3, 0.4) is 0 Å². The quantitative estimate of drug-likeness (QED) is 0.0782. The molecule has 14 N–H and O–H groups in total. The number of nitrogens with two attached hydrogens (primary N) is 3. The Morgan fingerprint density at radius 1 is 1.14 bits per heavy atom. The fraction of sp³-hybridized carbons (Fsp3) is 0.920. The average Bonchev–Trinajstić information content (AvgIpc) is 2.93. The van der Waals surface area contributed by atoms with Crippen LogP contribution in [0.5, 0.6) is 0 Å². The molecule has 1 aliphatic carbocycles. The van der Waals surface area contributed by atoms with Crippen LogP contribution in [0.4, 0.5) is 4.39 Å². The maximum absolute atomic E-state index is 13.1. The van der Waals surface area contributed by atoms with Crippen LogP contribution in [-0.4, -0.2) is 149 Å². The normalized spacial score (nSPS) is 43.0. The van der Waals surface area contributed by atoms with Crippen molar-refractivity contribution >= 4 is 11.7 Å². The molecule has 42 heavy (non-hydrogen) atoms. The second-order valence-corrected chi connectivity index (χ2v) is 11.5. The molecule has 3 aliphatic rings. The first-order chi connectivity index (χ1) is 19.7. The minimum Gasteiger partial charge on any atom is -0.388 e. The first kappa shape index (κ1) is 34.9. The molecule has 17 heteroatoms. The lowest BCUT2D eigenvalue weighted by Crippen LogP contribution is -2.69. The Kier molecular flexibility index (Phi) is 12.4. The highest BCUT2D eigenvalue weighted by Gasteiger charge is 2.51. The predicted molar refractivity (Wildman–Crippen MR) is 148 cm³/mol. The number of hydrogen-bond donors (Lipinski definition) is 11. The maximum atomic E-state index is 13.1. The number of aliphatic imine (C=N–C) groups is 1. The summed E-state index contributed by atoms with van der Waals surface area (Å²) in [5.74, 6) is -0.486. The minimum atomic E-state index is -1.73. The number of nitrogens with one attached hydrogen (secondary N) is 3. The Labute approximate surface area is 244 Å². The van der Waals surface area contributed by atoms with Gasteiger partial charge in [-0.05, 0) is 40.2 Å². The van der Waals surface area contributed by atoms with E-state index < -0.39 is 97.6 Å². The van der Waals surface area contributed by atoms with Crippen LogP contribution >= 0.6 is 0 Å². The van der Waals surface area contributed by atoms with Crippen molar-refractivity contribution in [3.8, 4) is 0 Å². The van der Waals surface area contributed by atoms with Crippen molar-refractivity contribution in [2.75, 3.05) is 26.9 Å². The van der Waals surface area contributed by atoms with Crippen molar-refractivity contribution < 1.29 is 48.9 Å². The Bertz CT molecular complexity index is 919. The molecule has 3 fully saturated rings. The molecule has 2 aliphatic heterocycles. The molecule has 16 nitrogen and oxygen atoms in total. The smallest absolute Gasteiger partial charge is 0.185 e. The van der Waals surface area contributed by atoms with Crippen LogP contribution < -0.4 is 27.8 Å². The number of hydrogen-bond acceptors (Lipinski definition) is 14. The molecule has 244 valence electrons. The Morgan fingerprint density at radius 2 is 1.81 bits per heavy atom. The zero-order chi connectivity index (χ0) is 31.4. The highest BCUT2D eigenvalue weighted by molar-refractivity contribution is 5.84. The first-order valence-electron chi connectivity index (χ1n) is 14.1. The summed E-state index contributed by atoms with van der Waals surface area (Å²) in [6.07, 6.45) is -9.49. The van der Waals surface area contributed by atoms with Gasteiger partial charge >= 0.3 is 0 Å². The molecule has 0 aromatic rings. The van der Waals surface area contributed by atoms with Crippen molar-refractivity contribution in [3.05, 3.63) is 0 Å². The molecule has 0 bridgehead atoms. The number of amidine groups is 2. The summed E-state index contributed by atoms with van der Waals surface area (Å²) in [7, 11) is 1.55. The van der Waals surface area contributed by atoms with Gasteiger partial charge in [0.2, 0.25) is 0 Å². The fourth-order valence-electron chi connectivity index (χ4n) is 5.47. The number of likely N-dealkylation sites (N-methyl/N-ethyl adjacent to an activating group) is 1. The molecule has 2 heterocycles. The van der Waals surface area contributed by atoms with Gasteiger partial charge in [0.1, 0.15) is 60.6 Å². The molecule has 1 saturated carbocycles. The van der Waals surface area contributed by atoms with E-state index in [1.54, 1.807) is 7.05 Å². The third-order valence-electron chi connectivity index (χ3n) is 7.97. The van der Waals surface area contributed by atoms with Crippen molar-refractivity contribution in [2.45, 2.75) is 118 Å². The SMILES string of the molecule is CN[C@@H]1C(O)[C@@H](OC2C(O)C(O[C@H]3O[C@H](CN=C(N)C(C)O)CCC3N)[C@@H](N)C[C@H]2NC(=N)C(O)CF)OCC1(C)O. The van der Waals surface area contributed by atoms with Crippen LogP contribution in [0.15, 0.2) is 4.99 Å². The van der Waals surface area contributed by atoms with Crippen molar-refractivity contribution in [2.24, 2.45) is 22.2 Å². The second kappa shape index (κ2) is 14.9. The fourth-order valence-corrected chi connectivity index (χ4v) is 5.47. The largest absolute Gasteiger partial charge is 0.388 e. The van der Waals surface area contributed by atoms with E-state index >= 15 is 0 Å². The van der Waals surface area contributed by atoms with Crippen molar-refractivity contribution in [3.63, 3.8) is 0 Å². The summed E-state index contributed by atoms with van der Waals surface area (Å²) in [4.78, 5) is 4.14. The van der Waals surface area contributed by atoms with Gasteiger partial charge in [0.05, 0.1) is 37.4 Å². The first-order valence-corrected chi connectivity index (χ1v) is 14.1. The van der Waals surface area contributed by atoms with E-state index in [0.717, 1.165) is 0 Å². The van der Waals surface area contributed by atoms with Crippen LogP contribution in [0.25, 0.3) is 0 Å². The summed E-state index contributed by atoms with van der Waals surface area (Å²) >= 11 is 0. The highest BCUT2D eigenvalue weighted by atomic mass is 19.1. The minimum absolute atomic E-state index is 0.0321. The van der Waals surface area contributed by atoms with Gasteiger partial charge < -0.3 is 72.3 Å². The van der Waals surface area contributed by atoms with E-state index in [4.69, 9.17) is 41.6 Å². The Balaban J connectivity index is 1.79. The van der Waals surface area contributed by atoms with Gasteiger partial charge in [-0.1, -0.05) is 0 Å². The van der Waals surface area contributed by atoms with Gasteiger partial charge in [-0.2, -0.15) is 0 Å². The number of rotatable bonds is 11. The summed E-state index contributed by atoms with van der Waals surface area (Å²) in [5, 5.41) is 65.9. The van der Waals surface area contributed by atoms with Gasteiger partial charge in [-0.15, -0.1) is 0 Å². The lowest BCUT2D eigenvalue weighted by atomic mass is 9.83. The molecule has 14 atom stereocenters. The number of ether oxygens (including phenoxy) is 4. The van der Waals surface area contributed by atoms with Crippen LogP contribution in [0.2, 0.25) is 0 Å². The zero-order valence-corrected chi connectivity index (χ0v) is 24.2. The predicted octanol–water partition coefficient (Wildman–Crippen LogP) is -4.26. The van der Waals surface area contributed by atoms with Gasteiger partial charge in [0, 0.05) is 6.04 Å². The molecule has 8 unspecified atom stereocenters. The molecule has 3 rings (SSSR count). The summed E-state index contributed by atoms with van der Waals surface area (Å²) in [6.45, 7) is 1.73. The second-order valence-electron chi connectivity index (χ2n) is 11.5. The molecular formula is C25H48FN7O9. The maximum Gasteiger partial charge on any atom is 0.185 e. The molecule has 0 radical (unpaired) electrons. The van der Waals surface area contributed by atoms with Crippen molar-refractivity contribution in [1.82, 2.24) is 10.6 Å². The molecule has 0 amide bonds. The highest BCUT2D eigenvalue weighted by Crippen LogP contribution is 2.32. The van der Waals surface area contributed by atoms with Crippen molar-refractivity contribution in [1.29, 1.82) is 5.41 Å². The lowest BCUT2D eigenvalue weighted by molar-refractivity contribution is -0.307. The van der Waals surface area contributed by atoms with E-state index in [9.17, 15) is 29.9 Å². The molecular weight excluding hydrogens is 561 g/mol. The standard InChI is InChI=1S/C25H48FN7O9/c1-10(34)21(29)32-8-11-4-5-12(27)23(40-11)41-18-13(28)6-14(33-22(30)15(35)7-26)19(16(18)36)42-24-17(37)20(31-3)25(2,38)9-39-24/h10-20,23-24,31,34-38H,4-9,27-28H2,1-3H3,(H2,29,32)(H2,30,33)/t10?,11-,12?,13-,14+,15?,16?,17?,18?,19?,20+,23+,24+,25?/m0/s1. The number of alkyl halides is 1. The summed E-state index contributed by atoms with van der Waals surface area (Å²) in [6, 6.07) is -3.19. The van der Waals surface area contributed by atoms with Gasteiger partial charge in [0.25, 0.3) is 0 Å². The monoisotopic (exact) mass is 609 g/mol. The van der Waals surface area contributed by atoms with Gasteiger partial charge in [0.15, 0.2) is 12.6 Å². The number of nitrogens with zero attached hydrogens (tertiary/aromatic N) is 1. The topological polar surface area (TPSA) is 276 Å². The van der Waals surface area contributed by atoms with Gasteiger partial charge in [-0.3, -0.25) is 10.4 Å². The van der Waals surface area contributed by atoms with E-state index in [1.165, 1.54) is 13.8 Å². The van der Waals surface area contributed by atoms with Crippen LogP contribution in [0, 0.1) is 5.41 Å². The zero-order valence-electron chi connectivity index (χ0n) is 24.2. The number of halogens is 1. The Hall–Kier alpha value is -1.61.